The number of hydrogen-bond donors (Lipinski definition) is 4. The Balaban J connectivity index is 1.04. The van der Waals surface area contributed by atoms with E-state index >= 15 is 0 Å². The molecule has 61 heavy (non-hydrogen) atoms. The predicted octanol–water partition coefficient (Wildman–Crippen LogP) is 6.47. The van der Waals surface area contributed by atoms with Crippen LogP contribution in [0.25, 0.3) is 44.2 Å². The van der Waals surface area contributed by atoms with Gasteiger partial charge in [0.15, 0.2) is 0 Å². The molecule has 0 spiro atoms. The van der Waals surface area contributed by atoms with Gasteiger partial charge in [0, 0.05) is 30.5 Å². The van der Waals surface area contributed by atoms with Crippen molar-refractivity contribution in [3.05, 3.63) is 65.9 Å². The predicted molar refractivity (Wildman–Crippen MR) is 223 cm³/mol. The number of imidazole rings is 2. The first-order chi connectivity index (χ1) is 29.3. The summed E-state index contributed by atoms with van der Waals surface area (Å²) in [5.74, 6) is 1.03. The van der Waals surface area contributed by atoms with Gasteiger partial charge in [0.05, 0.1) is 61.9 Å². The maximum absolute atomic E-state index is 14.9. The van der Waals surface area contributed by atoms with Crippen LogP contribution in [0.2, 0.25) is 0 Å². The highest BCUT2D eigenvalue weighted by atomic mass is 19.1. The fourth-order valence-electron chi connectivity index (χ4n) is 8.94. The highest BCUT2D eigenvalue weighted by molar-refractivity contribution is 6.07. The Morgan fingerprint density at radius 2 is 1.64 bits per heavy atom. The number of alkyl halides is 1. The number of carbonyl (C=O) groups excluding carboxylic acids is 4. The number of likely N-dealkylation sites (tertiary alicyclic amines) is 2. The van der Waals surface area contributed by atoms with Crippen LogP contribution in [-0.4, -0.2) is 112 Å². The number of methoxy groups -OCH3 is 3. The summed E-state index contributed by atoms with van der Waals surface area (Å²) < 4.78 is 36.2. The lowest BCUT2D eigenvalue weighted by atomic mass is 9.92. The van der Waals surface area contributed by atoms with E-state index in [1.54, 1.807) is 13.1 Å². The Morgan fingerprint density at radius 1 is 0.885 bits per heavy atom. The molecule has 3 aliphatic rings. The fourth-order valence-corrected chi connectivity index (χ4v) is 8.94. The molecule has 5 heterocycles. The third kappa shape index (κ3) is 7.70. The van der Waals surface area contributed by atoms with Crippen molar-refractivity contribution in [2.24, 2.45) is 5.92 Å². The van der Waals surface area contributed by atoms with Gasteiger partial charge in [-0.25, -0.2) is 23.9 Å². The van der Waals surface area contributed by atoms with Gasteiger partial charge in [-0.15, -0.1) is 0 Å². The number of benzene rings is 3. The lowest BCUT2D eigenvalue weighted by Crippen LogP contribution is -2.54. The Hall–Kier alpha value is -6.23. The molecule has 7 atom stereocenters. The molecule has 0 bridgehead atoms. The summed E-state index contributed by atoms with van der Waals surface area (Å²) in [6, 6.07) is 11.4. The number of alkyl carbamates (subject to hydrolysis) is 2. The molecule has 0 saturated carbocycles. The van der Waals surface area contributed by atoms with E-state index < -0.39 is 48.5 Å². The number of nitrogens with one attached hydrogen (secondary N) is 4. The van der Waals surface area contributed by atoms with Gasteiger partial charge < -0.3 is 49.3 Å². The van der Waals surface area contributed by atoms with E-state index in [0.717, 1.165) is 62.7 Å². The Kier molecular flexibility index (Phi) is 11.3. The van der Waals surface area contributed by atoms with Gasteiger partial charge in [-0.2, -0.15) is 0 Å². The second kappa shape index (κ2) is 16.7. The fraction of sp³-hybridized carbons (Fsp3) is 0.455. The van der Waals surface area contributed by atoms with Crippen molar-refractivity contribution >= 4 is 45.8 Å². The quantitative estimate of drug-likeness (QED) is 0.121. The molecule has 4 N–H and O–H groups in total. The molecular weight excluding hydrogens is 788 g/mol. The van der Waals surface area contributed by atoms with E-state index in [1.807, 2.05) is 62.1 Å². The highest BCUT2D eigenvalue weighted by Crippen LogP contribution is 2.44. The number of carbonyl (C=O) groups is 4. The van der Waals surface area contributed by atoms with E-state index in [-0.39, 0.29) is 36.9 Å². The molecule has 4 amide bonds. The van der Waals surface area contributed by atoms with Crippen molar-refractivity contribution in [3.63, 3.8) is 0 Å². The summed E-state index contributed by atoms with van der Waals surface area (Å²) >= 11 is 0. The summed E-state index contributed by atoms with van der Waals surface area (Å²) in [7, 11) is 3.91. The summed E-state index contributed by atoms with van der Waals surface area (Å²) in [6.07, 6.45) is -0.168. The number of hydrogen-bond acceptors (Lipinski definition) is 10. The van der Waals surface area contributed by atoms with Crippen LogP contribution in [0.1, 0.15) is 76.3 Å². The van der Waals surface area contributed by atoms with Crippen LogP contribution in [0.15, 0.2) is 48.7 Å². The van der Waals surface area contributed by atoms with E-state index in [9.17, 15) is 23.6 Å². The molecule has 3 aromatic carbocycles. The monoisotopic (exact) mass is 838 g/mol. The largest absolute Gasteiger partial charge is 0.488 e. The van der Waals surface area contributed by atoms with Gasteiger partial charge in [-0.3, -0.25) is 9.59 Å². The van der Waals surface area contributed by atoms with Crippen molar-refractivity contribution in [2.45, 2.75) is 96.0 Å². The summed E-state index contributed by atoms with van der Waals surface area (Å²) in [6.45, 7) is 7.62. The molecule has 2 saturated heterocycles. The molecule has 0 aliphatic carbocycles. The number of rotatable bonds is 10. The number of nitrogens with zero attached hydrogens (tertiary/aromatic N) is 4. The van der Waals surface area contributed by atoms with E-state index in [4.69, 9.17) is 23.9 Å². The topological polar surface area (TPSA) is 193 Å². The van der Waals surface area contributed by atoms with Crippen LogP contribution >= 0.6 is 0 Å². The second-order valence-electron chi connectivity index (χ2n) is 16.4. The number of aromatic amines is 2. The molecule has 0 radical (unpaired) electrons. The summed E-state index contributed by atoms with van der Waals surface area (Å²) in [5, 5.41) is 7.14. The average molecular weight is 839 g/mol. The SMILES string of the molecule is COC(=O)N[C@H](C(=O)N1[C@@H](C)CC[C@H]1c1nc2c(ccc3cc4c(cc32)OCc2cc(-c3cnc([C@@H]5C[C@H](F)CN5C(=O)[C@@H](NC(=O)OC)[C@@H](C)OC)[nH]3)ccc2-4)[nH]1)C(C)C. The number of halogens is 1. The zero-order valence-electron chi connectivity index (χ0n) is 35.2. The number of aromatic nitrogens is 4. The lowest BCUT2D eigenvalue weighted by Gasteiger charge is -2.32. The maximum atomic E-state index is 14.9. The van der Waals surface area contributed by atoms with Crippen LogP contribution in [0.3, 0.4) is 0 Å². The molecular formula is C44H51FN8O8. The van der Waals surface area contributed by atoms with Gasteiger partial charge in [-0.05, 0) is 78.9 Å². The maximum Gasteiger partial charge on any atom is 0.407 e. The summed E-state index contributed by atoms with van der Waals surface area (Å²) in [4.78, 5) is 71.6. The minimum Gasteiger partial charge on any atom is -0.488 e. The van der Waals surface area contributed by atoms with Crippen molar-refractivity contribution in [2.75, 3.05) is 27.9 Å². The standard InChI is InChI=1S/C44H51FN8O8/c1-21(2)36(50-43(56)59-6)42(55)53-22(3)8-13-33(53)40-47-31-12-10-24-15-30-28-11-9-25(14-26(28)20-61-35(30)17-29(24)38(31)49-40)32-18-46-39(48-32)34-16-27(45)19-52(34)41(54)37(23(4)58-5)51-44(57)60-7/h9-12,14-15,17-18,21-23,27,33-34,36-37H,8,13,16,19-20H2,1-7H3,(H,46,48)(H,47,49)(H,50,56)(H,51,57)/t22-,23+,27-,33-,34-,36-,37-/m0/s1. The van der Waals surface area contributed by atoms with Crippen molar-refractivity contribution in [1.29, 1.82) is 0 Å². The van der Waals surface area contributed by atoms with Gasteiger partial charge in [0.1, 0.15) is 42.3 Å². The Morgan fingerprint density at radius 3 is 2.36 bits per heavy atom. The Labute approximate surface area is 351 Å². The van der Waals surface area contributed by atoms with Crippen molar-refractivity contribution in [1.82, 2.24) is 40.4 Å². The second-order valence-corrected chi connectivity index (χ2v) is 16.4. The molecule has 322 valence electrons. The first kappa shape index (κ1) is 41.5. The van der Waals surface area contributed by atoms with Gasteiger partial charge in [0.2, 0.25) is 11.8 Å². The van der Waals surface area contributed by atoms with Crippen molar-refractivity contribution in [3.8, 4) is 28.1 Å². The molecule has 0 unspecified atom stereocenters. The normalized spacial score (nSPS) is 21.1. The third-order valence-electron chi connectivity index (χ3n) is 12.3. The average Bonchev–Trinajstić information content (AvgIpc) is 4.08. The third-order valence-corrected chi connectivity index (χ3v) is 12.3. The molecule has 16 nitrogen and oxygen atoms in total. The zero-order valence-corrected chi connectivity index (χ0v) is 35.2. The Bertz CT molecular complexity index is 2500. The summed E-state index contributed by atoms with van der Waals surface area (Å²) in [5.41, 5.74) is 6.09. The van der Waals surface area contributed by atoms with E-state index in [0.29, 0.717) is 23.9 Å². The molecule has 8 rings (SSSR count). The first-order valence-corrected chi connectivity index (χ1v) is 20.6. The molecule has 5 aromatic rings. The number of ether oxygens (including phenoxy) is 4. The van der Waals surface area contributed by atoms with Crippen LogP contribution in [0.5, 0.6) is 5.75 Å². The smallest absolute Gasteiger partial charge is 0.407 e. The molecule has 3 aliphatic heterocycles. The number of amides is 4. The van der Waals surface area contributed by atoms with Crippen LogP contribution in [0.4, 0.5) is 14.0 Å². The first-order valence-electron chi connectivity index (χ1n) is 20.6. The van der Waals surface area contributed by atoms with Crippen LogP contribution in [0, 0.1) is 5.92 Å². The van der Waals surface area contributed by atoms with Gasteiger partial charge >= 0.3 is 12.2 Å². The molecule has 2 fully saturated rings. The van der Waals surface area contributed by atoms with Gasteiger partial charge in [-0.1, -0.05) is 32.0 Å². The van der Waals surface area contributed by atoms with E-state index in [2.05, 4.69) is 31.7 Å². The van der Waals surface area contributed by atoms with Crippen LogP contribution in [-0.2, 0) is 30.4 Å². The number of fused-ring (bicyclic) bond motifs is 6. The zero-order chi connectivity index (χ0) is 43.3. The van der Waals surface area contributed by atoms with Crippen molar-refractivity contribution < 1.29 is 42.5 Å². The van der Waals surface area contributed by atoms with Crippen LogP contribution < -0.4 is 15.4 Å². The minimum atomic E-state index is -1.28. The highest BCUT2D eigenvalue weighted by Gasteiger charge is 2.43. The van der Waals surface area contributed by atoms with Gasteiger partial charge in [0.25, 0.3) is 0 Å². The molecule has 2 aromatic heterocycles. The minimum absolute atomic E-state index is 0.0431. The number of H-pyrrole nitrogens is 2. The van der Waals surface area contributed by atoms with E-state index in [1.165, 1.54) is 26.2 Å². The molecule has 17 heteroatoms. The lowest BCUT2D eigenvalue weighted by molar-refractivity contribution is -0.138.